The summed E-state index contributed by atoms with van der Waals surface area (Å²) in [5.74, 6) is 0.514. The number of halogens is 2. The van der Waals surface area contributed by atoms with Crippen LogP contribution >= 0.6 is 34.5 Å². The van der Waals surface area contributed by atoms with Crippen molar-refractivity contribution in [1.82, 2.24) is 20.1 Å². The average molecular weight is 494 g/mol. The van der Waals surface area contributed by atoms with E-state index in [0.717, 1.165) is 0 Å². The first-order valence-corrected chi connectivity index (χ1v) is 11.6. The van der Waals surface area contributed by atoms with Crippen LogP contribution in [0.2, 0.25) is 10.0 Å². The van der Waals surface area contributed by atoms with Gasteiger partial charge in [0.1, 0.15) is 11.5 Å². The molecule has 1 aliphatic rings. The van der Waals surface area contributed by atoms with Gasteiger partial charge in [-0.15, -0.1) is 11.3 Å². The lowest BCUT2D eigenvalue weighted by Gasteiger charge is -2.33. The Morgan fingerprint density at radius 2 is 1.97 bits per heavy atom. The van der Waals surface area contributed by atoms with Gasteiger partial charge in [0.25, 0.3) is 5.91 Å². The third kappa shape index (κ3) is 5.80. The van der Waals surface area contributed by atoms with Crippen LogP contribution in [0.3, 0.4) is 0 Å². The smallest absolute Gasteiger partial charge is 0.273 e. The van der Waals surface area contributed by atoms with E-state index < -0.39 is 0 Å². The Labute approximate surface area is 199 Å². The number of rotatable bonds is 7. The van der Waals surface area contributed by atoms with E-state index in [4.69, 9.17) is 27.6 Å². The molecule has 2 aromatic heterocycles. The Kier molecular flexibility index (Phi) is 7.31. The normalized spacial score (nSPS) is 14.4. The van der Waals surface area contributed by atoms with Crippen LogP contribution < -0.4 is 10.6 Å². The minimum Gasteiger partial charge on any atom is -0.467 e. The number of amides is 2. The molecule has 32 heavy (non-hydrogen) atoms. The second kappa shape index (κ2) is 10.4. The standard InChI is InChI=1S/C21H21Cl2N5O3S/c22-14-3-4-17(16(23)10-14)25-21-26-18(13-32-21)20(30)28-7-5-27(6-8-28)12-19(29)24-11-15-2-1-9-31-15/h1-4,9-10,13H,5-8,11-12H2,(H,24,29)(H,25,26). The number of hydrogen-bond acceptors (Lipinski definition) is 7. The summed E-state index contributed by atoms with van der Waals surface area (Å²) < 4.78 is 5.21. The van der Waals surface area contributed by atoms with Crippen LogP contribution in [0, 0.1) is 0 Å². The molecule has 0 aliphatic carbocycles. The number of thiazole rings is 1. The van der Waals surface area contributed by atoms with Crippen molar-refractivity contribution in [3.8, 4) is 0 Å². The number of carbonyl (C=O) groups excluding carboxylic acids is 2. The van der Waals surface area contributed by atoms with Gasteiger partial charge in [-0.05, 0) is 30.3 Å². The molecule has 0 atom stereocenters. The largest absolute Gasteiger partial charge is 0.467 e. The number of hydrogen-bond donors (Lipinski definition) is 2. The van der Waals surface area contributed by atoms with Crippen LogP contribution in [0.5, 0.6) is 0 Å². The van der Waals surface area contributed by atoms with E-state index in [1.807, 2.05) is 11.0 Å². The fourth-order valence-electron chi connectivity index (χ4n) is 3.26. The molecule has 1 fully saturated rings. The highest BCUT2D eigenvalue weighted by molar-refractivity contribution is 7.14. The molecule has 1 aliphatic heterocycles. The fraction of sp³-hybridized carbons (Fsp3) is 0.286. The first-order chi connectivity index (χ1) is 15.5. The molecule has 168 valence electrons. The topological polar surface area (TPSA) is 90.7 Å². The number of anilines is 2. The Morgan fingerprint density at radius 3 is 2.69 bits per heavy atom. The van der Waals surface area contributed by atoms with Crippen LogP contribution in [0.4, 0.5) is 10.8 Å². The summed E-state index contributed by atoms with van der Waals surface area (Å²) in [5.41, 5.74) is 1.05. The van der Waals surface area contributed by atoms with Gasteiger partial charge in [0.15, 0.2) is 5.13 Å². The van der Waals surface area contributed by atoms with E-state index in [-0.39, 0.29) is 18.4 Å². The summed E-state index contributed by atoms with van der Waals surface area (Å²) in [6, 6.07) is 8.73. The molecule has 11 heteroatoms. The zero-order valence-corrected chi connectivity index (χ0v) is 19.3. The molecule has 0 radical (unpaired) electrons. The summed E-state index contributed by atoms with van der Waals surface area (Å²) in [5, 5.41) is 9.27. The van der Waals surface area contributed by atoms with Gasteiger partial charge in [0, 0.05) is 36.6 Å². The van der Waals surface area contributed by atoms with Gasteiger partial charge < -0.3 is 20.0 Å². The maximum Gasteiger partial charge on any atom is 0.273 e. The molecule has 3 heterocycles. The van der Waals surface area contributed by atoms with Crippen molar-refractivity contribution >= 4 is 57.2 Å². The second-order valence-corrected chi connectivity index (χ2v) is 8.91. The van der Waals surface area contributed by atoms with E-state index in [9.17, 15) is 9.59 Å². The Bertz CT molecular complexity index is 1080. The SMILES string of the molecule is O=C(CN1CCN(C(=O)c2csc(Nc3ccc(Cl)cc3Cl)n2)CC1)NCc1ccco1. The number of carbonyl (C=O) groups is 2. The van der Waals surface area contributed by atoms with Gasteiger partial charge >= 0.3 is 0 Å². The molecule has 4 rings (SSSR count). The van der Waals surface area contributed by atoms with Crippen LogP contribution in [0.1, 0.15) is 16.2 Å². The Balaban J connectivity index is 1.25. The quantitative estimate of drug-likeness (QED) is 0.519. The molecule has 3 aromatic rings. The lowest BCUT2D eigenvalue weighted by atomic mass is 10.3. The van der Waals surface area contributed by atoms with Crippen molar-refractivity contribution < 1.29 is 14.0 Å². The van der Waals surface area contributed by atoms with Crippen LogP contribution in [-0.2, 0) is 11.3 Å². The van der Waals surface area contributed by atoms with Crippen molar-refractivity contribution in [3.63, 3.8) is 0 Å². The number of aromatic nitrogens is 1. The van der Waals surface area contributed by atoms with Crippen molar-refractivity contribution in [2.45, 2.75) is 6.54 Å². The molecule has 0 bridgehead atoms. The highest BCUT2D eigenvalue weighted by Crippen LogP contribution is 2.29. The number of piperazine rings is 1. The first kappa shape index (κ1) is 22.6. The molecule has 8 nitrogen and oxygen atoms in total. The van der Waals surface area contributed by atoms with Crippen molar-refractivity contribution in [3.05, 3.63) is 63.5 Å². The predicted molar refractivity (Wildman–Crippen MR) is 125 cm³/mol. The monoisotopic (exact) mass is 493 g/mol. The highest BCUT2D eigenvalue weighted by Gasteiger charge is 2.25. The van der Waals surface area contributed by atoms with Crippen molar-refractivity contribution in [2.24, 2.45) is 0 Å². The molecule has 1 aromatic carbocycles. The fourth-order valence-corrected chi connectivity index (χ4v) is 4.42. The van der Waals surface area contributed by atoms with Crippen LogP contribution in [0.25, 0.3) is 0 Å². The predicted octanol–water partition coefficient (Wildman–Crippen LogP) is 3.86. The molecule has 0 spiro atoms. The van der Waals surface area contributed by atoms with E-state index in [1.54, 1.807) is 40.8 Å². The van der Waals surface area contributed by atoms with Gasteiger partial charge in [-0.2, -0.15) is 0 Å². The summed E-state index contributed by atoms with van der Waals surface area (Å²) in [6.07, 6.45) is 1.58. The van der Waals surface area contributed by atoms with Gasteiger partial charge in [0.05, 0.1) is 30.1 Å². The van der Waals surface area contributed by atoms with E-state index in [2.05, 4.69) is 15.6 Å². The van der Waals surface area contributed by atoms with Crippen LogP contribution in [-0.4, -0.2) is 59.3 Å². The third-order valence-electron chi connectivity index (χ3n) is 4.96. The summed E-state index contributed by atoms with van der Waals surface area (Å²) in [7, 11) is 0. The molecular weight excluding hydrogens is 473 g/mol. The van der Waals surface area contributed by atoms with Crippen molar-refractivity contribution in [2.75, 3.05) is 38.0 Å². The Morgan fingerprint density at radius 1 is 1.16 bits per heavy atom. The summed E-state index contributed by atoms with van der Waals surface area (Å²) >= 11 is 13.4. The number of benzene rings is 1. The molecule has 0 saturated carbocycles. The maximum absolute atomic E-state index is 12.8. The van der Waals surface area contributed by atoms with E-state index >= 15 is 0 Å². The van der Waals surface area contributed by atoms with Gasteiger partial charge in [-0.25, -0.2) is 4.98 Å². The average Bonchev–Trinajstić information content (AvgIpc) is 3.47. The van der Waals surface area contributed by atoms with E-state index in [0.29, 0.717) is 65.0 Å². The molecule has 1 saturated heterocycles. The van der Waals surface area contributed by atoms with Gasteiger partial charge in [-0.1, -0.05) is 23.2 Å². The lowest BCUT2D eigenvalue weighted by molar-refractivity contribution is -0.122. The zero-order valence-electron chi connectivity index (χ0n) is 17.0. The second-order valence-electron chi connectivity index (χ2n) is 7.21. The lowest BCUT2D eigenvalue weighted by Crippen LogP contribution is -2.51. The maximum atomic E-state index is 12.8. The minimum absolute atomic E-state index is 0.0720. The Hall–Kier alpha value is -2.59. The summed E-state index contributed by atoms with van der Waals surface area (Å²) in [6.45, 7) is 2.97. The number of nitrogens with one attached hydrogen (secondary N) is 2. The third-order valence-corrected chi connectivity index (χ3v) is 6.27. The van der Waals surface area contributed by atoms with Gasteiger partial charge in [-0.3, -0.25) is 14.5 Å². The van der Waals surface area contributed by atoms with Gasteiger partial charge in [0.2, 0.25) is 5.91 Å². The highest BCUT2D eigenvalue weighted by atomic mass is 35.5. The number of nitrogens with zero attached hydrogens (tertiary/aromatic N) is 3. The number of furan rings is 1. The molecular formula is C21H21Cl2N5O3S. The molecule has 2 N–H and O–H groups in total. The van der Waals surface area contributed by atoms with E-state index in [1.165, 1.54) is 11.3 Å². The molecule has 2 amide bonds. The zero-order chi connectivity index (χ0) is 22.5. The van der Waals surface area contributed by atoms with Crippen LogP contribution in [0.15, 0.2) is 46.4 Å². The minimum atomic E-state index is -0.126. The molecule has 0 unspecified atom stereocenters. The summed E-state index contributed by atoms with van der Waals surface area (Å²) in [4.78, 5) is 33.1. The van der Waals surface area contributed by atoms with Crippen molar-refractivity contribution in [1.29, 1.82) is 0 Å². The first-order valence-electron chi connectivity index (χ1n) is 9.96.